The highest BCUT2D eigenvalue weighted by Gasteiger charge is 2.10. The Morgan fingerprint density at radius 1 is 1.31 bits per heavy atom. The molecule has 1 saturated heterocycles. The van der Waals surface area contributed by atoms with E-state index in [1.54, 1.807) is 0 Å². The lowest BCUT2D eigenvalue weighted by Gasteiger charge is -2.14. The van der Waals surface area contributed by atoms with Crippen molar-refractivity contribution in [3.05, 3.63) is 28.5 Å². The van der Waals surface area contributed by atoms with E-state index < -0.39 is 0 Å². The molecule has 3 nitrogen and oxygen atoms in total. The van der Waals surface area contributed by atoms with Crippen molar-refractivity contribution >= 4 is 15.9 Å². The van der Waals surface area contributed by atoms with E-state index in [2.05, 4.69) is 25.8 Å². The van der Waals surface area contributed by atoms with Gasteiger partial charge in [0.15, 0.2) is 0 Å². The Morgan fingerprint density at radius 2 is 2.12 bits per heavy atom. The summed E-state index contributed by atoms with van der Waals surface area (Å²) < 4.78 is 6.48. The number of nitrogens with zero attached hydrogens (tertiary/aromatic N) is 2. The highest BCUT2D eigenvalue weighted by molar-refractivity contribution is 9.10. The van der Waals surface area contributed by atoms with Crippen LogP contribution in [0.25, 0.3) is 0 Å². The molecular formula is C12H17BrN2O. The average molecular weight is 285 g/mol. The molecule has 0 bridgehead atoms. The highest BCUT2D eigenvalue weighted by atomic mass is 79.9. The summed E-state index contributed by atoms with van der Waals surface area (Å²) in [6, 6.07) is 5.89. The van der Waals surface area contributed by atoms with Crippen molar-refractivity contribution in [2.24, 2.45) is 0 Å². The SMILES string of the molecule is Brc1cccc(COCCN2CCCC2)n1. The van der Waals surface area contributed by atoms with Gasteiger partial charge in [0.05, 0.1) is 18.9 Å². The number of halogens is 1. The van der Waals surface area contributed by atoms with E-state index >= 15 is 0 Å². The maximum Gasteiger partial charge on any atom is 0.106 e. The van der Waals surface area contributed by atoms with Gasteiger partial charge in [-0.2, -0.15) is 0 Å². The van der Waals surface area contributed by atoms with Gasteiger partial charge in [0.1, 0.15) is 4.60 Å². The fourth-order valence-corrected chi connectivity index (χ4v) is 2.29. The predicted molar refractivity (Wildman–Crippen MR) is 67.3 cm³/mol. The molecule has 1 aliphatic rings. The van der Waals surface area contributed by atoms with Crippen molar-refractivity contribution < 1.29 is 4.74 Å². The van der Waals surface area contributed by atoms with Crippen LogP contribution in [0.3, 0.4) is 0 Å². The normalized spacial score (nSPS) is 16.8. The first-order valence-electron chi connectivity index (χ1n) is 5.76. The van der Waals surface area contributed by atoms with Crippen LogP contribution < -0.4 is 0 Å². The lowest BCUT2D eigenvalue weighted by atomic mass is 10.4. The summed E-state index contributed by atoms with van der Waals surface area (Å²) in [5.41, 5.74) is 0.982. The van der Waals surface area contributed by atoms with Crippen LogP contribution in [0, 0.1) is 0 Å². The number of rotatable bonds is 5. The molecule has 16 heavy (non-hydrogen) atoms. The molecule has 0 spiro atoms. The smallest absolute Gasteiger partial charge is 0.106 e. The van der Waals surface area contributed by atoms with Crippen LogP contribution in [0.15, 0.2) is 22.8 Å². The zero-order valence-corrected chi connectivity index (χ0v) is 10.9. The number of hydrogen-bond donors (Lipinski definition) is 0. The van der Waals surface area contributed by atoms with E-state index in [4.69, 9.17) is 4.74 Å². The Kier molecular flexibility index (Phi) is 4.75. The molecule has 1 aromatic rings. The quantitative estimate of drug-likeness (QED) is 0.614. The minimum absolute atomic E-state index is 0.604. The molecular weight excluding hydrogens is 268 g/mol. The standard InChI is InChI=1S/C12H17BrN2O/c13-12-5-3-4-11(14-12)10-16-9-8-15-6-1-2-7-15/h3-5H,1-2,6-10H2. The highest BCUT2D eigenvalue weighted by Crippen LogP contribution is 2.08. The van der Waals surface area contributed by atoms with E-state index in [1.165, 1.54) is 25.9 Å². The lowest BCUT2D eigenvalue weighted by molar-refractivity contribution is 0.0970. The Morgan fingerprint density at radius 3 is 2.88 bits per heavy atom. The number of aromatic nitrogens is 1. The zero-order chi connectivity index (χ0) is 11.2. The van der Waals surface area contributed by atoms with E-state index in [-0.39, 0.29) is 0 Å². The molecule has 0 unspecified atom stereocenters. The Bertz CT molecular complexity index is 327. The van der Waals surface area contributed by atoms with Crippen LogP contribution in [0.5, 0.6) is 0 Å². The Labute approximate surface area is 105 Å². The average Bonchev–Trinajstić information content (AvgIpc) is 2.77. The summed E-state index contributed by atoms with van der Waals surface area (Å²) in [6.45, 7) is 4.92. The van der Waals surface area contributed by atoms with Crippen molar-refractivity contribution in [3.63, 3.8) is 0 Å². The summed E-state index contributed by atoms with van der Waals surface area (Å²) >= 11 is 3.35. The lowest BCUT2D eigenvalue weighted by Crippen LogP contribution is -2.23. The second-order valence-electron chi connectivity index (χ2n) is 4.05. The van der Waals surface area contributed by atoms with Crippen LogP contribution in [0.1, 0.15) is 18.5 Å². The van der Waals surface area contributed by atoms with Gasteiger partial charge in [-0.25, -0.2) is 4.98 Å². The van der Waals surface area contributed by atoms with E-state index in [0.717, 1.165) is 23.4 Å². The molecule has 0 atom stereocenters. The van der Waals surface area contributed by atoms with Crippen LogP contribution in [0.2, 0.25) is 0 Å². The second kappa shape index (κ2) is 6.33. The van der Waals surface area contributed by atoms with Gasteiger partial charge in [-0.1, -0.05) is 6.07 Å². The molecule has 2 rings (SSSR count). The third-order valence-corrected chi connectivity index (χ3v) is 3.21. The topological polar surface area (TPSA) is 25.4 Å². The monoisotopic (exact) mass is 284 g/mol. The summed E-state index contributed by atoms with van der Waals surface area (Å²) in [5, 5.41) is 0. The summed E-state index contributed by atoms with van der Waals surface area (Å²) in [5.74, 6) is 0. The predicted octanol–water partition coefficient (Wildman–Crippen LogP) is 2.46. The molecule has 1 aromatic heterocycles. The van der Waals surface area contributed by atoms with Gasteiger partial charge in [0.25, 0.3) is 0 Å². The first kappa shape index (κ1) is 12.0. The van der Waals surface area contributed by atoms with Gasteiger partial charge in [-0.05, 0) is 54.0 Å². The summed E-state index contributed by atoms with van der Waals surface area (Å²) in [4.78, 5) is 6.77. The first-order chi connectivity index (χ1) is 7.84. The molecule has 0 amide bonds. The van der Waals surface area contributed by atoms with Crippen molar-refractivity contribution in [3.8, 4) is 0 Å². The minimum atomic E-state index is 0.604. The minimum Gasteiger partial charge on any atom is -0.374 e. The van der Waals surface area contributed by atoms with Crippen molar-refractivity contribution in [1.82, 2.24) is 9.88 Å². The third-order valence-electron chi connectivity index (χ3n) is 2.77. The molecule has 2 heterocycles. The van der Waals surface area contributed by atoms with Crippen molar-refractivity contribution in [1.29, 1.82) is 0 Å². The van der Waals surface area contributed by atoms with Crippen LogP contribution in [-0.4, -0.2) is 36.1 Å². The van der Waals surface area contributed by atoms with Gasteiger partial charge < -0.3 is 9.64 Å². The molecule has 88 valence electrons. The zero-order valence-electron chi connectivity index (χ0n) is 9.36. The molecule has 1 fully saturated rings. The maximum absolute atomic E-state index is 5.61. The second-order valence-corrected chi connectivity index (χ2v) is 4.87. The van der Waals surface area contributed by atoms with Gasteiger partial charge >= 0.3 is 0 Å². The summed E-state index contributed by atoms with van der Waals surface area (Å²) in [6.07, 6.45) is 2.68. The number of ether oxygens (including phenoxy) is 1. The Hall–Kier alpha value is -0.450. The molecule has 0 N–H and O–H groups in total. The number of pyridine rings is 1. The first-order valence-corrected chi connectivity index (χ1v) is 6.55. The van der Waals surface area contributed by atoms with Crippen LogP contribution in [-0.2, 0) is 11.3 Å². The summed E-state index contributed by atoms with van der Waals surface area (Å²) in [7, 11) is 0. The van der Waals surface area contributed by atoms with Crippen molar-refractivity contribution in [2.45, 2.75) is 19.4 Å². The van der Waals surface area contributed by atoms with Gasteiger partial charge in [0, 0.05) is 6.54 Å². The largest absolute Gasteiger partial charge is 0.374 e. The Balaban J connectivity index is 1.64. The molecule has 0 aliphatic carbocycles. The van der Waals surface area contributed by atoms with Gasteiger partial charge in [-0.15, -0.1) is 0 Å². The maximum atomic E-state index is 5.61. The number of hydrogen-bond acceptors (Lipinski definition) is 3. The van der Waals surface area contributed by atoms with Crippen molar-refractivity contribution in [2.75, 3.05) is 26.2 Å². The molecule has 4 heteroatoms. The molecule has 0 saturated carbocycles. The fourth-order valence-electron chi connectivity index (χ4n) is 1.91. The number of likely N-dealkylation sites (tertiary alicyclic amines) is 1. The fraction of sp³-hybridized carbons (Fsp3) is 0.583. The van der Waals surface area contributed by atoms with Gasteiger partial charge in [-0.3, -0.25) is 0 Å². The molecule has 0 aromatic carbocycles. The molecule has 0 radical (unpaired) electrons. The van der Waals surface area contributed by atoms with E-state index in [0.29, 0.717) is 6.61 Å². The molecule has 1 aliphatic heterocycles. The van der Waals surface area contributed by atoms with Crippen LogP contribution in [0.4, 0.5) is 0 Å². The van der Waals surface area contributed by atoms with E-state index in [1.807, 2.05) is 18.2 Å². The third kappa shape index (κ3) is 3.85. The van der Waals surface area contributed by atoms with E-state index in [9.17, 15) is 0 Å². The van der Waals surface area contributed by atoms with Crippen LogP contribution >= 0.6 is 15.9 Å². The van der Waals surface area contributed by atoms with Gasteiger partial charge in [0.2, 0.25) is 0 Å².